The molecule has 13 rings (SSSR count). The molecule has 32 heteroatoms. The highest BCUT2D eigenvalue weighted by atomic mass is 35.5. The van der Waals surface area contributed by atoms with Crippen molar-refractivity contribution in [1.29, 1.82) is 0 Å². The number of fused-ring (bicyclic) bond motifs is 1. The lowest BCUT2D eigenvalue weighted by atomic mass is 9.82. The van der Waals surface area contributed by atoms with Crippen LogP contribution in [0.1, 0.15) is 181 Å². The minimum atomic E-state index is -3.83. The molecule has 0 aliphatic heterocycles. The maximum atomic E-state index is 13.3. The molecule has 5 aromatic heterocycles. The number of nitrogens with zero attached hydrogens (tertiary/aromatic N) is 7. The predicted molar refractivity (Wildman–Crippen MR) is 440 cm³/mol. The molecule has 0 saturated heterocycles. The van der Waals surface area contributed by atoms with Gasteiger partial charge < -0.3 is 18.5 Å². The van der Waals surface area contributed by atoms with Crippen LogP contribution in [0.4, 0.5) is 0 Å². The highest BCUT2D eigenvalue weighted by Crippen LogP contribution is 2.48. The number of benzene rings is 5. The summed E-state index contributed by atoms with van der Waals surface area (Å²) in [5.74, 6) is 3.30. The summed E-state index contributed by atoms with van der Waals surface area (Å²) in [6.07, 6.45) is 16.5. The molecular formula is C79H92Cl4N10O12S6. The van der Waals surface area contributed by atoms with Crippen LogP contribution >= 0.6 is 80.4 Å². The first kappa shape index (κ1) is 85.2. The van der Waals surface area contributed by atoms with Crippen LogP contribution in [-0.2, 0) is 81.2 Å². The first-order chi connectivity index (χ1) is 52.4. The highest BCUT2D eigenvalue weighted by molar-refractivity contribution is 7.90. The monoisotopic (exact) mass is 1700 g/mol. The maximum Gasteiger partial charge on any atom is 0.293 e. The zero-order valence-electron chi connectivity index (χ0n) is 63.9. The van der Waals surface area contributed by atoms with Gasteiger partial charge in [0.15, 0.2) is 10.0 Å². The number of sulfonamides is 3. The van der Waals surface area contributed by atoms with Crippen molar-refractivity contribution in [3.63, 3.8) is 0 Å². The van der Waals surface area contributed by atoms with Crippen molar-refractivity contribution in [2.45, 2.75) is 229 Å². The summed E-state index contributed by atoms with van der Waals surface area (Å²) >= 11 is 30.8. The lowest BCUT2D eigenvalue weighted by Crippen LogP contribution is -2.40. The Hall–Kier alpha value is -6.64. The van der Waals surface area contributed by atoms with Crippen LogP contribution in [-0.4, -0.2) is 102 Å². The van der Waals surface area contributed by atoms with Crippen molar-refractivity contribution in [3.05, 3.63) is 139 Å². The number of halogens is 4. The van der Waals surface area contributed by atoms with Crippen LogP contribution in [0.2, 0.25) is 20.1 Å². The molecule has 0 spiro atoms. The van der Waals surface area contributed by atoms with Crippen molar-refractivity contribution in [3.8, 4) is 63.6 Å². The fraction of sp³-hybridized carbons (Fsp3) is 0.456. The number of carbonyl (C=O) groups is 2. The number of hydrogen-bond acceptors (Lipinski definition) is 22. The Morgan fingerprint density at radius 2 is 0.937 bits per heavy atom. The molecule has 0 amide bonds. The number of aromatic nitrogens is 7. The quantitative estimate of drug-likeness (QED) is 0.0384. The first-order valence-corrected chi connectivity index (χ1v) is 45.3. The van der Waals surface area contributed by atoms with E-state index in [9.17, 15) is 34.8 Å². The Kier molecular flexibility index (Phi) is 27.4. The Bertz CT molecular complexity index is 5370. The van der Waals surface area contributed by atoms with E-state index in [0.29, 0.717) is 82.1 Å². The number of hydrogen-bond donors (Lipinski definition) is 3. The van der Waals surface area contributed by atoms with Crippen molar-refractivity contribution in [1.82, 2.24) is 49.4 Å². The number of aryl methyl sites for hydroxylation is 1. The van der Waals surface area contributed by atoms with Crippen LogP contribution in [0.3, 0.4) is 0 Å². The largest absolute Gasteiger partial charge is 0.462 e. The van der Waals surface area contributed by atoms with Gasteiger partial charge in [-0.15, -0.1) is 34.0 Å². The molecular weight excluding hydrogens is 1620 g/mol. The van der Waals surface area contributed by atoms with E-state index in [4.69, 9.17) is 79.9 Å². The predicted octanol–water partition coefficient (Wildman–Crippen LogP) is 19.5. The summed E-state index contributed by atoms with van der Waals surface area (Å²) < 4.78 is 106. The lowest BCUT2D eigenvalue weighted by Gasteiger charge is -2.24. The summed E-state index contributed by atoms with van der Waals surface area (Å²) in [5.41, 5.74) is 5.03. The van der Waals surface area contributed by atoms with E-state index in [1.165, 1.54) is 92.6 Å². The molecule has 111 heavy (non-hydrogen) atoms. The van der Waals surface area contributed by atoms with E-state index in [2.05, 4.69) is 40.5 Å². The minimum Gasteiger partial charge on any atom is -0.462 e. The third-order valence-corrected chi connectivity index (χ3v) is 29.6. The number of nitrogens with one attached hydrogen (secondary N) is 3. The van der Waals surface area contributed by atoms with E-state index in [1.54, 1.807) is 78.0 Å². The Morgan fingerprint density at radius 1 is 0.495 bits per heavy atom. The smallest absolute Gasteiger partial charge is 0.293 e. The Balaban J connectivity index is 0.000000165. The second-order valence-electron chi connectivity index (χ2n) is 31.3. The molecule has 3 aliphatic rings. The summed E-state index contributed by atoms with van der Waals surface area (Å²) in [5, 5.41) is 12.2. The third-order valence-electron chi connectivity index (χ3n) is 19.0. The zero-order chi connectivity index (χ0) is 80.1. The van der Waals surface area contributed by atoms with E-state index >= 15 is 0 Å². The van der Waals surface area contributed by atoms with E-state index in [1.807, 2.05) is 83.1 Å². The van der Waals surface area contributed by atoms with Gasteiger partial charge in [0.2, 0.25) is 53.5 Å². The van der Waals surface area contributed by atoms with Gasteiger partial charge in [-0.25, -0.2) is 54.4 Å². The van der Waals surface area contributed by atoms with Gasteiger partial charge in [0.1, 0.15) is 26.0 Å². The summed E-state index contributed by atoms with van der Waals surface area (Å²) in [6, 6.07) is 25.2. The number of thiazole rings is 3. The average molecular weight is 1710 g/mol. The summed E-state index contributed by atoms with van der Waals surface area (Å²) in [4.78, 5) is 48.2. The topological polar surface area (TPSA) is 308 Å². The molecule has 0 unspecified atom stereocenters. The molecule has 5 heterocycles. The van der Waals surface area contributed by atoms with Gasteiger partial charge in [0, 0.05) is 58.6 Å². The van der Waals surface area contributed by atoms with Crippen LogP contribution in [0, 0.1) is 24.7 Å². The van der Waals surface area contributed by atoms with E-state index in [-0.39, 0.29) is 53.3 Å². The van der Waals surface area contributed by atoms with Gasteiger partial charge in [-0.3, -0.25) is 9.59 Å². The second kappa shape index (κ2) is 35.6. The fourth-order valence-electron chi connectivity index (χ4n) is 13.6. The zero-order valence-corrected chi connectivity index (χ0v) is 71.9. The lowest BCUT2D eigenvalue weighted by molar-refractivity contribution is -0.141. The molecule has 594 valence electrons. The van der Waals surface area contributed by atoms with Gasteiger partial charge in [-0.2, -0.15) is 9.97 Å². The Morgan fingerprint density at radius 3 is 1.41 bits per heavy atom. The van der Waals surface area contributed by atoms with Crippen molar-refractivity contribution in [2.75, 3.05) is 0 Å². The molecule has 5 aromatic carbocycles. The molecule has 0 radical (unpaired) electrons. The third kappa shape index (κ3) is 21.3. The van der Waals surface area contributed by atoms with E-state index in [0.717, 1.165) is 95.9 Å². The molecule has 0 atom stereocenters. The number of rotatable bonds is 28. The van der Waals surface area contributed by atoms with Crippen molar-refractivity contribution < 1.29 is 53.4 Å². The maximum absolute atomic E-state index is 13.3. The van der Waals surface area contributed by atoms with Crippen LogP contribution in [0.15, 0.2) is 109 Å². The highest BCUT2D eigenvalue weighted by Gasteiger charge is 2.34. The van der Waals surface area contributed by atoms with Crippen molar-refractivity contribution in [2.24, 2.45) is 17.8 Å². The molecule has 10 aromatic rings. The molecule has 3 saturated carbocycles. The SMILES string of the molecule is CC(C)NS(=O)(=O)c1ccc(-c2sc(-c3cccc(CC(C)(C)OC=O)c3)nc2CC2CCC2)c(Cl)c1Cl.CC(C)NS(=O)(=O)c1ccc(-c2sc(-c3noc(CC(C)(C)OC=O)n3)nc2CC2CCC2)c(Cl)c1Cl.Cc1nc(-c2nc(CC3CCCCC3)c(-c3ccc(S(=O)(=O)NC(C)(C)C)c4ccccc34)s2)no1. The summed E-state index contributed by atoms with van der Waals surface area (Å²) in [7, 11) is -11.3. The number of carbonyl (C=O) groups excluding carboxylic acids is 2. The first-order valence-electron chi connectivity index (χ1n) is 36.9. The van der Waals surface area contributed by atoms with Gasteiger partial charge in [0.05, 0.1) is 63.1 Å². The van der Waals surface area contributed by atoms with Crippen LogP contribution < -0.4 is 14.2 Å². The average Bonchev–Trinajstić information content (AvgIpc) is 1.74. The molecule has 3 fully saturated rings. The standard InChI is InChI=1S/C28H32Cl2N2O4S2.C27H32N4O3S2.C24H28Cl2N4O5S2/c1-17(2)32-38(34,35)23-12-11-21(24(29)25(23)30)26-22(14-18-7-5-8-18)31-27(37-26)20-10-6-9-19(13-20)15-28(3,4)36-16-33;1-17-28-25(30-34-17)26-29-22(16-18-10-6-5-7-11-18)24(35-26)21-14-15-23(20-13-9-8-12-19(20)21)36(32,33)31-27(2,3)4;1-13(2)30-37(32,33)17-9-8-15(19(25)20(17)26)21-16(10-14-6-5-7-14)27-23(36-21)22-28-18(35-29-22)11-24(3,4)34-12-31/h6,9-13,16-18,32H,5,7-8,14-15H2,1-4H3;8-9,12-15,18,31H,5-7,10-11,16H2,1-4H3;8-9,12-14,30H,5-7,10-11H2,1-4H3. The Labute approximate surface area is 681 Å². The van der Waals surface area contributed by atoms with Gasteiger partial charge in [-0.1, -0.05) is 188 Å². The van der Waals surface area contributed by atoms with Gasteiger partial charge in [0.25, 0.3) is 12.9 Å². The normalized spacial score (nSPS) is 14.9. The van der Waals surface area contributed by atoms with E-state index < -0.39 is 46.8 Å². The van der Waals surface area contributed by atoms with Crippen LogP contribution in [0.25, 0.3) is 74.3 Å². The van der Waals surface area contributed by atoms with Gasteiger partial charge >= 0.3 is 0 Å². The number of ether oxygens (including phenoxy) is 2. The summed E-state index contributed by atoms with van der Waals surface area (Å²) in [6.45, 7) is 22.4. The van der Waals surface area contributed by atoms with Crippen molar-refractivity contribution >= 4 is 134 Å². The van der Waals surface area contributed by atoms with Gasteiger partial charge in [-0.05, 0) is 148 Å². The molecule has 3 N–H and O–H groups in total. The molecule has 22 nitrogen and oxygen atoms in total. The second-order valence-corrected chi connectivity index (χ2v) is 40.8. The molecule has 0 bridgehead atoms. The fourth-order valence-corrected chi connectivity index (χ4v) is 22.8. The minimum absolute atomic E-state index is 0.00117. The molecule has 3 aliphatic carbocycles. The van der Waals surface area contributed by atoms with Crippen LogP contribution in [0.5, 0.6) is 0 Å².